The van der Waals surface area contributed by atoms with Gasteiger partial charge in [-0.3, -0.25) is 4.79 Å². The number of benzene rings is 1. The largest absolute Gasteiger partial charge is 0.385 e. The Kier molecular flexibility index (Phi) is 5.62. The number of nitrogens with one attached hydrogen (secondary N) is 2. The summed E-state index contributed by atoms with van der Waals surface area (Å²) in [5.41, 5.74) is 3.04. The van der Waals surface area contributed by atoms with Crippen LogP contribution in [0.25, 0.3) is 0 Å². The number of thiophene rings is 1. The minimum absolute atomic E-state index is 0.0118. The first kappa shape index (κ1) is 14.6. The summed E-state index contributed by atoms with van der Waals surface area (Å²) in [5, 5.41) is 10.4. The first-order chi connectivity index (χ1) is 9.79. The molecule has 0 unspecified atom stereocenters. The summed E-state index contributed by atoms with van der Waals surface area (Å²) in [6.07, 6.45) is 1.97. The highest BCUT2D eigenvalue weighted by Crippen LogP contribution is 2.10. The van der Waals surface area contributed by atoms with Crippen LogP contribution in [0.3, 0.4) is 0 Å². The molecule has 0 aliphatic rings. The predicted octanol–water partition coefficient (Wildman–Crippen LogP) is 3.54. The van der Waals surface area contributed by atoms with Crippen LogP contribution in [-0.4, -0.2) is 19.0 Å². The fraction of sp³-hybridized carbons (Fsp3) is 0.312. The summed E-state index contributed by atoms with van der Waals surface area (Å²) >= 11 is 1.68. The second kappa shape index (κ2) is 7.70. The first-order valence-electron chi connectivity index (χ1n) is 6.93. The van der Waals surface area contributed by atoms with Gasteiger partial charge in [-0.15, -0.1) is 0 Å². The Bertz CT molecular complexity index is 520. The van der Waals surface area contributed by atoms with Gasteiger partial charge in [0.2, 0.25) is 0 Å². The molecule has 0 atom stereocenters. The quantitative estimate of drug-likeness (QED) is 0.818. The molecule has 0 radical (unpaired) electrons. The van der Waals surface area contributed by atoms with E-state index in [1.165, 1.54) is 5.56 Å². The van der Waals surface area contributed by atoms with E-state index in [0.717, 1.165) is 25.1 Å². The fourth-order valence-electron chi connectivity index (χ4n) is 1.87. The van der Waals surface area contributed by atoms with Crippen molar-refractivity contribution >= 4 is 22.9 Å². The maximum absolute atomic E-state index is 12.0. The van der Waals surface area contributed by atoms with Gasteiger partial charge in [-0.1, -0.05) is 6.92 Å². The number of carbonyl (C=O) groups is 1. The molecule has 2 rings (SSSR count). The molecule has 2 N–H and O–H groups in total. The van der Waals surface area contributed by atoms with Crippen molar-refractivity contribution in [3.8, 4) is 0 Å². The molecule has 0 spiro atoms. The molecular formula is C16H20N2OS. The van der Waals surface area contributed by atoms with Crippen LogP contribution in [0.2, 0.25) is 0 Å². The normalized spacial score (nSPS) is 10.2. The van der Waals surface area contributed by atoms with E-state index >= 15 is 0 Å². The zero-order valence-corrected chi connectivity index (χ0v) is 12.5. The maximum atomic E-state index is 12.0. The van der Waals surface area contributed by atoms with Gasteiger partial charge in [0.15, 0.2) is 0 Å². The van der Waals surface area contributed by atoms with E-state index in [9.17, 15) is 4.79 Å². The number of hydrogen-bond acceptors (Lipinski definition) is 3. The van der Waals surface area contributed by atoms with E-state index in [-0.39, 0.29) is 5.91 Å². The summed E-state index contributed by atoms with van der Waals surface area (Å²) < 4.78 is 0. The van der Waals surface area contributed by atoms with E-state index in [4.69, 9.17) is 0 Å². The van der Waals surface area contributed by atoms with Gasteiger partial charge >= 0.3 is 0 Å². The molecule has 0 saturated heterocycles. The zero-order chi connectivity index (χ0) is 14.2. The van der Waals surface area contributed by atoms with E-state index < -0.39 is 0 Å². The SMILES string of the molecule is CCCNc1ccc(C(=O)NCCc2ccsc2)cc1. The molecule has 1 aromatic carbocycles. The Hall–Kier alpha value is -1.81. The number of carbonyl (C=O) groups excluding carboxylic acids is 1. The first-order valence-corrected chi connectivity index (χ1v) is 7.87. The minimum Gasteiger partial charge on any atom is -0.385 e. The second-order valence-corrected chi connectivity index (χ2v) is 5.42. The summed E-state index contributed by atoms with van der Waals surface area (Å²) in [4.78, 5) is 12.0. The lowest BCUT2D eigenvalue weighted by Crippen LogP contribution is -2.25. The topological polar surface area (TPSA) is 41.1 Å². The molecule has 106 valence electrons. The summed E-state index contributed by atoms with van der Waals surface area (Å²) in [6.45, 7) is 3.75. The Morgan fingerprint density at radius 2 is 1.95 bits per heavy atom. The summed E-state index contributed by atoms with van der Waals surface area (Å²) in [7, 11) is 0. The third kappa shape index (κ3) is 4.38. The van der Waals surface area contributed by atoms with Gasteiger partial charge in [0.05, 0.1) is 0 Å². The van der Waals surface area contributed by atoms with Gasteiger partial charge in [-0.05, 0) is 59.5 Å². The minimum atomic E-state index is -0.0118. The molecule has 1 aromatic heterocycles. The van der Waals surface area contributed by atoms with Gasteiger partial charge in [0.25, 0.3) is 5.91 Å². The molecule has 20 heavy (non-hydrogen) atoms. The molecule has 1 amide bonds. The average Bonchev–Trinajstić information content (AvgIpc) is 2.99. The van der Waals surface area contributed by atoms with Crippen molar-refractivity contribution in [2.45, 2.75) is 19.8 Å². The van der Waals surface area contributed by atoms with Crippen LogP contribution in [0.5, 0.6) is 0 Å². The van der Waals surface area contributed by atoms with Gasteiger partial charge < -0.3 is 10.6 Å². The Labute approximate surface area is 124 Å². The molecular weight excluding hydrogens is 268 g/mol. The monoisotopic (exact) mass is 288 g/mol. The Morgan fingerprint density at radius 1 is 1.15 bits per heavy atom. The number of anilines is 1. The Morgan fingerprint density at radius 3 is 2.60 bits per heavy atom. The van der Waals surface area contributed by atoms with E-state index in [0.29, 0.717) is 12.1 Å². The zero-order valence-electron chi connectivity index (χ0n) is 11.7. The van der Waals surface area contributed by atoms with Crippen LogP contribution in [0, 0.1) is 0 Å². The van der Waals surface area contributed by atoms with Crippen molar-refractivity contribution in [2.75, 3.05) is 18.4 Å². The van der Waals surface area contributed by atoms with E-state index in [2.05, 4.69) is 34.4 Å². The Balaban J connectivity index is 1.79. The average molecular weight is 288 g/mol. The van der Waals surface area contributed by atoms with Gasteiger partial charge in [-0.25, -0.2) is 0 Å². The van der Waals surface area contributed by atoms with Crippen LogP contribution in [-0.2, 0) is 6.42 Å². The molecule has 2 aromatic rings. The van der Waals surface area contributed by atoms with E-state index in [1.54, 1.807) is 11.3 Å². The van der Waals surface area contributed by atoms with Crippen molar-refractivity contribution in [2.24, 2.45) is 0 Å². The van der Waals surface area contributed by atoms with Gasteiger partial charge in [0.1, 0.15) is 0 Å². The van der Waals surface area contributed by atoms with Crippen molar-refractivity contribution in [3.63, 3.8) is 0 Å². The van der Waals surface area contributed by atoms with Crippen molar-refractivity contribution in [1.82, 2.24) is 5.32 Å². The summed E-state index contributed by atoms with van der Waals surface area (Å²) in [6, 6.07) is 9.70. The second-order valence-electron chi connectivity index (χ2n) is 4.64. The smallest absolute Gasteiger partial charge is 0.251 e. The predicted molar refractivity (Wildman–Crippen MR) is 85.6 cm³/mol. The summed E-state index contributed by atoms with van der Waals surface area (Å²) in [5.74, 6) is -0.0118. The molecule has 0 bridgehead atoms. The van der Waals surface area contributed by atoms with E-state index in [1.807, 2.05) is 24.3 Å². The molecule has 0 aliphatic heterocycles. The molecule has 0 saturated carbocycles. The molecule has 4 heteroatoms. The maximum Gasteiger partial charge on any atom is 0.251 e. The van der Waals surface area contributed by atoms with Crippen molar-refractivity contribution in [1.29, 1.82) is 0 Å². The highest BCUT2D eigenvalue weighted by Gasteiger charge is 2.04. The van der Waals surface area contributed by atoms with Crippen molar-refractivity contribution < 1.29 is 4.79 Å². The molecule has 0 fully saturated rings. The van der Waals surface area contributed by atoms with Crippen LogP contribution in [0.15, 0.2) is 41.1 Å². The number of hydrogen-bond donors (Lipinski definition) is 2. The van der Waals surface area contributed by atoms with Gasteiger partial charge in [0, 0.05) is 24.3 Å². The third-order valence-corrected chi connectivity index (χ3v) is 3.74. The highest BCUT2D eigenvalue weighted by atomic mass is 32.1. The number of rotatable bonds is 7. The van der Waals surface area contributed by atoms with Crippen LogP contribution < -0.4 is 10.6 Å². The fourth-order valence-corrected chi connectivity index (χ4v) is 2.57. The lowest BCUT2D eigenvalue weighted by atomic mass is 10.2. The number of amides is 1. The standard InChI is InChI=1S/C16H20N2OS/c1-2-9-17-15-5-3-14(4-6-15)16(19)18-10-7-13-8-11-20-12-13/h3-6,8,11-12,17H,2,7,9-10H2,1H3,(H,18,19). The van der Waals surface area contributed by atoms with Crippen molar-refractivity contribution in [3.05, 3.63) is 52.2 Å². The van der Waals surface area contributed by atoms with Gasteiger partial charge in [-0.2, -0.15) is 11.3 Å². The molecule has 1 heterocycles. The third-order valence-electron chi connectivity index (χ3n) is 3.01. The molecule has 3 nitrogen and oxygen atoms in total. The van der Waals surface area contributed by atoms with Crippen LogP contribution in [0.1, 0.15) is 29.3 Å². The van der Waals surface area contributed by atoms with Crippen LogP contribution in [0.4, 0.5) is 5.69 Å². The van der Waals surface area contributed by atoms with Crippen LogP contribution >= 0.6 is 11.3 Å². The lowest BCUT2D eigenvalue weighted by Gasteiger charge is -2.07. The highest BCUT2D eigenvalue weighted by molar-refractivity contribution is 7.07. The lowest BCUT2D eigenvalue weighted by molar-refractivity contribution is 0.0954. The molecule has 0 aliphatic carbocycles.